The van der Waals surface area contributed by atoms with Crippen LogP contribution in [0, 0.1) is 11.3 Å². The molecule has 1 aromatic rings. The summed E-state index contributed by atoms with van der Waals surface area (Å²) in [4.78, 5) is 5.30. The highest BCUT2D eigenvalue weighted by Crippen LogP contribution is 2.41. The van der Waals surface area contributed by atoms with E-state index in [0.29, 0.717) is 5.41 Å². The van der Waals surface area contributed by atoms with E-state index in [0.717, 1.165) is 25.0 Å². The summed E-state index contributed by atoms with van der Waals surface area (Å²) in [5.41, 5.74) is 4.95. The van der Waals surface area contributed by atoms with Gasteiger partial charge in [-0.3, -0.25) is 4.90 Å². The number of allylic oxidation sites excluding steroid dienone is 2. The van der Waals surface area contributed by atoms with E-state index in [-0.39, 0.29) is 12.4 Å². The third-order valence-corrected chi connectivity index (χ3v) is 6.87. The molecule has 0 aromatic heterocycles. The summed E-state index contributed by atoms with van der Waals surface area (Å²) in [6.07, 6.45) is 8.93. The van der Waals surface area contributed by atoms with Crippen molar-refractivity contribution in [2.75, 3.05) is 31.1 Å². The summed E-state index contributed by atoms with van der Waals surface area (Å²) in [6, 6.07) is 9.85. The number of para-hydroxylation sites is 1. The van der Waals surface area contributed by atoms with Gasteiger partial charge in [0.2, 0.25) is 0 Å². The smallest absolute Gasteiger partial charge is 0.0443 e. The highest BCUT2D eigenvalue weighted by molar-refractivity contribution is 5.85. The minimum atomic E-state index is 0. The monoisotopic (exact) mass is 404 g/mol. The van der Waals surface area contributed by atoms with Crippen molar-refractivity contribution in [2.24, 2.45) is 11.3 Å². The van der Waals surface area contributed by atoms with Gasteiger partial charge in [-0.2, -0.15) is 0 Å². The van der Waals surface area contributed by atoms with Gasteiger partial charge < -0.3 is 4.90 Å². The molecule has 1 saturated heterocycles. The molecule has 2 aliphatic rings. The van der Waals surface area contributed by atoms with Crippen molar-refractivity contribution in [1.82, 2.24) is 4.90 Å². The van der Waals surface area contributed by atoms with Crippen LogP contribution in [0.1, 0.15) is 72.3 Å². The van der Waals surface area contributed by atoms with Crippen LogP contribution in [0.3, 0.4) is 0 Å². The van der Waals surface area contributed by atoms with Crippen LogP contribution in [-0.4, -0.2) is 37.1 Å². The van der Waals surface area contributed by atoms with Gasteiger partial charge in [0.25, 0.3) is 0 Å². The summed E-state index contributed by atoms with van der Waals surface area (Å²) in [7, 11) is 0. The van der Waals surface area contributed by atoms with Gasteiger partial charge in [0.05, 0.1) is 0 Å². The lowest BCUT2D eigenvalue weighted by Crippen LogP contribution is -2.49. The fraction of sp³-hybridized carbons (Fsp3) is 0.680. The number of piperazine rings is 1. The van der Waals surface area contributed by atoms with Gasteiger partial charge in [-0.05, 0) is 55.6 Å². The minimum Gasteiger partial charge on any atom is -0.368 e. The van der Waals surface area contributed by atoms with Crippen LogP contribution in [0.4, 0.5) is 5.69 Å². The number of rotatable bonds is 5. The SMILES string of the molecule is CCCC(C)N1CCN(c2ccccc2C2=CCC(C(C)(C)C)CC2)CC1.Cl. The van der Waals surface area contributed by atoms with Crippen LogP contribution in [0.5, 0.6) is 0 Å². The maximum Gasteiger partial charge on any atom is 0.0443 e. The number of anilines is 1. The van der Waals surface area contributed by atoms with Gasteiger partial charge in [-0.1, -0.05) is 58.4 Å². The molecule has 0 spiro atoms. The van der Waals surface area contributed by atoms with Crippen LogP contribution in [0.25, 0.3) is 5.57 Å². The lowest BCUT2D eigenvalue weighted by molar-refractivity contribution is 0.188. The Bertz CT molecular complexity index is 638. The maximum absolute atomic E-state index is 2.68. The number of nitrogens with zero attached hydrogens (tertiary/aromatic N) is 2. The standard InChI is InChI=1S/C25H40N2.ClH/c1-6-9-20(2)26-16-18-27(19-17-26)24-11-8-7-10-23(24)21-12-14-22(15-13-21)25(3,4)5;/h7-8,10-12,20,22H,6,9,13-19H2,1-5H3;1H. The molecule has 1 fully saturated rings. The van der Waals surface area contributed by atoms with Gasteiger partial charge in [-0.15, -0.1) is 12.4 Å². The third-order valence-electron chi connectivity index (χ3n) is 6.87. The van der Waals surface area contributed by atoms with Gasteiger partial charge >= 0.3 is 0 Å². The van der Waals surface area contributed by atoms with E-state index in [4.69, 9.17) is 0 Å². The van der Waals surface area contributed by atoms with Crippen molar-refractivity contribution in [1.29, 1.82) is 0 Å². The summed E-state index contributed by atoms with van der Waals surface area (Å²) >= 11 is 0. The Morgan fingerprint density at radius 2 is 1.75 bits per heavy atom. The zero-order chi connectivity index (χ0) is 19.4. The molecule has 2 unspecified atom stereocenters. The number of hydrogen-bond acceptors (Lipinski definition) is 2. The van der Waals surface area contributed by atoms with E-state index in [1.807, 2.05) is 0 Å². The lowest BCUT2D eigenvalue weighted by atomic mass is 9.72. The Labute approximate surface area is 179 Å². The first-order valence-electron chi connectivity index (χ1n) is 11.2. The Hall–Kier alpha value is -0.990. The molecular formula is C25H41ClN2. The number of benzene rings is 1. The van der Waals surface area contributed by atoms with E-state index in [1.165, 1.54) is 56.4 Å². The highest BCUT2D eigenvalue weighted by atomic mass is 35.5. The summed E-state index contributed by atoms with van der Waals surface area (Å²) in [5, 5.41) is 0. The van der Waals surface area contributed by atoms with Crippen molar-refractivity contribution in [3.8, 4) is 0 Å². The molecule has 0 bridgehead atoms. The predicted octanol–water partition coefficient (Wildman–Crippen LogP) is 6.65. The van der Waals surface area contributed by atoms with Crippen molar-refractivity contribution in [3.05, 3.63) is 35.9 Å². The molecule has 0 amide bonds. The first kappa shape index (κ1) is 23.3. The Morgan fingerprint density at radius 1 is 1.07 bits per heavy atom. The van der Waals surface area contributed by atoms with Gasteiger partial charge in [-0.25, -0.2) is 0 Å². The zero-order valence-corrected chi connectivity index (χ0v) is 19.5. The fourth-order valence-electron chi connectivity index (χ4n) is 4.89. The molecule has 28 heavy (non-hydrogen) atoms. The van der Waals surface area contributed by atoms with Crippen LogP contribution < -0.4 is 4.90 Å². The zero-order valence-electron chi connectivity index (χ0n) is 18.7. The molecule has 158 valence electrons. The van der Waals surface area contributed by atoms with Crippen molar-refractivity contribution in [3.63, 3.8) is 0 Å². The second kappa shape index (κ2) is 10.2. The number of halogens is 1. The molecule has 1 heterocycles. The summed E-state index contributed by atoms with van der Waals surface area (Å²) in [6.45, 7) is 16.6. The molecule has 3 rings (SSSR count). The minimum absolute atomic E-state index is 0. The van der Waals surface area contributed by atoms with E-state index >= 15 is 0 Å². The fourth-order valence-corrected chi connectivity index (χ4v) is 4.89. The molecule has 1 aliphatic heterocycles. The Kier molecular flexibility index (Phi) is 8.45. The largest absolute Gasteiger partial charge is 0.368 e. The molecule has 3 heteroatoms. The van der Waals surface area contributed by atoms with Crippen LogP contribution in [0.2, 0.25) is 0 Å². The van der Waals surface area contributed by atoms with E-state index in [9.17, 15) is 0 Å². The molecule has 2 atom stereocenters. The number of hydrogen-bond donors (Lipinski definition) is 0. The summed E-state index contributed by atoms with van der Waals surface area (Å²) < 4.78 is 0. The lowest BCUT2D eigenvalue weighted by Gasteiger charge is -2.40. The molecule has 0 radical (unpaired) electrons. The van der Waals surface area contributed by atoms with Crippen molar-refractivity contribution < 1.29 is 0 Å². The van der Waals surface area contributed by atoms with Gasteiger partial charge in [0.1, 0.15) is 0 Å². The van der Waals surface area contributed by atoms with E-state index < -0.39 is 0 Å². The topological polar surface area (TPSA) is 6.48 Å². The van der Waals surface area contributed by atoms with Crippen molar-refractivity contribution in [2.45, 2.75) is 72.8 Å². The average Bonchev–Trinajstić information content (AvgIpc) is 2.68. The van der Waals surface area contributed by atoms with Gasteiger partial charge in [0.15, 0.2) is 0 Å². The normalized spacial score (nSPS) is 22.4. The van der Waals surface area contributed by atoms with Crippen molar-refractivity contribution >= 4 is 23.7 Å². The molecular weight excluding hydrogens is 364 g/mol. The first-order chi connectivity index (χ1) is 12.9. The Balaban J connectivity index is 0.00000280. The first-order valence-corrected chi connectivity index (χ1v) is 11.2. The molecule has 0 N–H and O–H groups in total. The maximum atomic E-state index is 2.68. The van der Waals surface area contributed by atoms with Crippen LogP contribution in [0.15, 0.2) is 30.3 Å². The Morgan fingerprint density at radius 3 is 2.32 bits per heavy atom. The highest BCUT2D eigenvalue weighted by Gasteiger charge is 2.28. The van der Waals surface area contributed by atoms with E-state index in [1.54, 1.807) is 5.57 Å². The second-order valence-electron chi connectivity index (χ2n) is 9.74. The molecule has 1 aromatic carbocycles. The molecule has 1 aliphatic carbocycles. The predicted molar refractivity (Wildman–Crippen MR) is 127 cm³/mol. The third kappa shape index (κ3) is 5.54. The average molecular weight is 405 g/mol. The van der Waals surface area contributed by atoms with Gasteiger partial charge in [0, 0.05) is 43.5 Å². The van der Waals surface area contributed by atoms with Crippen LogP contribution in [-0.2, 0) is 0 Å². The van der Waals surface area contributed by atoms with Crippen LogP contribution >= 0.6 is 12.4 Å². The quantitative estimate of drug-likeness (QED) is 0.542. The molecule has 2 nitrogen and oxygen atoms in total. The molecule has 0 saturated carbocycles. The van der Waals surface area contributed by atoms with E-state index in [2.05, 4.69) is 74.8 Å². The summed E-state index contributed by atoms with van der Waals surface area (Å²) in [5.74, 6) is 0.817. The second-order valence-corrected chi connectivity index (χ2v) is 9.74.